The predicted molar refractivity (Wildman–Crippen MR) is 140 cm³/mol. The number of nitrogens with two attached hydrogens (primary N) is 3. The third kappa shape index (κ3) is 5.65. The number of benzene rings is 2. The fraction of sp³-hybridized carbons (Fsp3) is 0.125. The quantitative estimate of drug-likeness (QED) is 0.179. The molecule has 4 rings (SSSR count). The molecule has 0 atom stereocenters. The van der Waals surface area contributed by atoms with Gasteiger partial charge in [0.15, 0.2) is 21.4 Å². The summed E-state index contributed by atoms with van der Waals surface area (Å²) in [5.74, 6) is 1.14. The number of aromatic nitrogens is 3. The molecule has 4 aromatic rings. The zero-order chi connectivity index (χ0) is 25.9. The fourth-order valence-corrected chi connectivity index (χ4v) is 4.25. The molecule has 0 aliphatic heterocycles. The van der Waals surface area contributed by atoms with Crippen LogP contribution in [0.15, 0.2) is 76.9 Å². The first-order valence-electron chi connectivity index (χ1n) is 10.8. The minimum absolute atomic E-state index is 0.108. The number of nitrogens with zero attached hydrogens (tertiary/aromatic N) is 4. The van der Waals surface area contributed by atoms with E-state index in [2.05, 4.69) is 15.1 Å². The molecular formula is C24H24ClN7O3S. The maximum absolute atomic E-state index is 11.8. The molecule has 0 unspecified atom stereocenters. The van der Waals surface area contributed by atoms with Crippen LogP contribution in [0.3, 0.4) is 0 Å². The monoisotopic (exact) mass is 525 g/mol. The number of hydrogen-bond acceptors (Lipinski definition) is 8. The summed E-state index contributed by atoms with van der Waals surface area (Å²) in [6, 6.07) is 14.5. The van der Waals surface area contributed by atoms with Crippen molar-refractivity contribution in [3.8, 4) is 22.8 Å². The summed E-state index contributed by atoms with van der Waals surface area (Å²) in [5.41, 5.74) is 20.1. The van der Waals surface area contributed by atoms with Gasteiger partial charge < -0.3 is 21.9 Å². The molecule has 12 heteroatoms. The van der Waals surface area contributed by atoms with E-state index in [9.17, 15) is 8.42 Å². The first-order chi connectivity index (χ1) is 17.2. The van der Waals surface area contributed by atoms with Gasteiger partial charge in [0.1, 0.15) is 11.6 Å². The number of hydrogen-bond donors (Lipinski definition) is 3. The Kier molecular flexibility index (Phi) is 7.25. The summed E-state index contributed by atoms with van der Waals surface area (Å²) in [5, 5.41) is 4.75. The first-order valence-corrected chi connectivity index (χ1v) is 13.0. The Morgan fingerprint density at radius 3 is 2.58 bits per heavy atom. The van der Waals surface area contributed by atoms with Crippen molar-refractivity contribution in [1.82, 2.24) is 14.8 Å². The molecule has 0 radical (unpaired) electrons. The second-order valence-corrected chi connectivity index (χ2v) is 10.3. The highest BCUT2D eigenvalue weighted by atomic mass is 35.5. The van der Waals surface area contributed by atoms with Gasteiger partial charge in [0.2, 0.25) is 0 Å². The summed E-state index contributed by atoms with van der Waals surface area (Å²) in [6.45, 7) is 0.980. The summed E-state index contributed by atoms with van der Waals surface area (Å²) in [7, 11) is -3.35. The highest BCUT2D eigenvalue weighted by Crippen LogP contribution is 2.37. The van der Waals surface area contributed by atoms with Crippen molar-refractivity contribution in [3.63, 3.8) is 0 Å². The topological polar surface area (TPSA) is 164 Å². The van der Waals surface area contributed by atoms with Gasteiger partial charge in [-0.05, 0) is 48.5 Å². The summed E-state index contributed by atoms with van der Waals surface area (Å²) < 4.78 is 31.2. The van der Waals surface area contributed by atoms with Gasteiger partial charge in [-0.15, -0.1) is 0 Å². The lowest BCUT2D eigenvalue weighted by atomic mass is 10.0. The lowest BCUT2D eigenvalue weighted by molar-refractivity contribution is 0.484. The molecule has 0 saturated heterocycles. The molecule has 6 N–H and O–H groups in total. The molecule has 0 saturated carbocycles. The number of rotatable bonds is 8. The maximum Gasteiger partial charge on any atom is 0.175 e. The zero-order valence-electron chi connectivity index (χ0n) is 19.3. The van der Waals surface area contributed by atoms with E-state index in [1.165, 1.54) is 24.3 Å². The smallest absolute Gasteiger partial charge is 0.175 e. The van der Waals surface area contributed by atoms with Crippen LogP contribution in [-0.4, -0.2) is 41.8 Å². The van der Waals surface area contributed by atoms with Crippen LogP contribution in [0.4, 0.5) is 11.5 Å². The van der Waals surface area contributed by atoms with Gasteiger partial charge in [0.05, 0.1) is 27.8 Å². The largest absolute Gasteiger partial charge is 0.455 e. The number of pyridine rings is 1. The molecule has 0 aliphatic carbocycles. The second kappa shape index (κ2) is 10.4. The molecule has 0 fully saturated rings. The molecule has 2 aromatic heterocycles. The van der Waals surface area contributed by atoms with Crippen LogP contribution in [0.5, 0.6) is 11.5 Å². The van der Waals surface area contributed by atoms with Gasteiger partial charge >= 0.3 is 0 Å². The van der Waals surface area contributed by atoms with Gasteiger partial charge in [0.25, 0.3) is 0 Å². The summed E-state index contributed by atoms with van der Waals surface area (Å²) in [6.07, 6.45) is 4.50. The van der Waals surface area contributed by atoms with Crippen LogP contribution < -0.4 is 21.9 Å². The lowest BCUT2D eigenvalue weighted by Crippen LogP contribution is -2.16. The van der Waals surface area contributed by atoms with Crippen molar-refractivity contribution in [3.05, 3.63) is 77.6 Å². The highest BCUT2D eigenvalue weighted by molar-refractivity contribution is 7.90. The van der Waals surface area contributed by atoms with E-state index in [0.29, 0.717) is 46.5 Å². The van der Waals surface area contributed by atoms with Crippen LogP contribution in [0.25, 0.3) is 11.3 Å². The number of halogens is 1. The van der Waals surface area contributed by atoms with Gasteiger partial charge in [-0.1, -0.05) is 11.6 Å². The molecule has 2 aromatic carbocycles. The van der Waals surface area contributed by atoms with Crippen molar-refractivity contribution in [2.45, 2.75) is 11.4 Å². The summed E-state index contributed by atoms with van der Waals surface area (Å²) in [4.78, 5) is 8.94. The van der Waals surface area contributed by atoms with Gasteiger partial charge in [-0.3, -0.25) is 9.67 Å². The number of nitrogen functional groups attached to an aromatic ring is 1. The lowest BCUT2D eigenvalue weighted by Gasteiger charge is -2.15. The van der Waals surface area contributed by atoms with E-state index in [0.717, 1.165) is 6.26 Å². The summed E-state index contributed by atoms with van der Waals surface area (Å²) >= 11 is 6.39. The first kappa shape index (κ1) is 25.2. The van der Waals surface area contributed by atoms with Crippen LogP contribution in [-0.2, 0) is 16.4 Å². The number of aliphatic imine (C=N–C) groups is 1. The Morgan fingerprint density at radius 2 is 1.92 bits per heavy atom. The zero-order valence-corrected chi connectivity index (χ0v) is 20.9. The Balaban J connectivity index is 1.79. The SMILES string of the molecule is CS(=O)(=O)c1ccc(Oc2cc(-c3ncccc3Cl)cc(C(N)=Nc3ccn(CCN)n3)c2N)cc1. The Morgan fingerprint density at radius 1 is 1.17 bits per heavy atom. The van der Waals surface area contributed by atoms with Gasteiger partial charge in [-0.2, -0.15) is 5.10 Å². The van der Waals surface area contributed by atoms with E-state index >= 15 is 0 Å². The second-order valence-electron chi connectivity index (χ2n) is 7.84. The van der Waals surface area contributed by atoms with Crippen LogP contribution in [0.2, 0.25) is 5.02 Å². The van der Waals surface area contributed by atoms with Gasteiger partial charge in [0, 0.05) is 42.4 Å². The number of anilines is 1. The molecule has 0 aliphatic rings. The average molecular weight is 526 g/mol. The molecule has 0 spiro atoms. The normalized spacial score (nSPS) is 12.0. The number of ether oxygens (including phenoxy) is 1. The molecule has 2 heterocycles. The molecule has 10 nitrogen and oxygen atoms in total. The standard InChI is InChI=1S/C24H24ClN7O3S/c1-36(33,34)17-6-4-16(5-7-17)35-20-14-15(23-19(25)3-2-10-29-23)13-18(22(20)27)24(28)30-21-8-11-32(31-21)12-9-26/h2-8,10-11,13-14H,9,12,26-27H2,1H3,(H2,28,30,31). The maximum atomic E-state index is 11.8. The molecular weight excluding hydrogens is 502 g/mol. The van der Waals surface area contributed by atoms with E-state index in [1.54, 1.807) is 47.4 Å². The van der Waals surface area contributed by atoms with Crippen molar-refractivity contribution in [1.29, 1.82) is 0 Å². The molecule has 0 amide bonds. The molecule has 0 bridgehead atoms. The minimum Gasteiger partial charge on any atom is -0.455 e. The number of amidine groups is 1. The Labute approximate surface area is 213 Å². The van der Waals surface area contributed by atoms with Crippen molar-refractivity contribution < 1.29 is 13.2 Å². The number of sulfone groups is 1. The molecule has 186 valence electrons. The van der Waals surface area contributed by atoms with Crippen molar-refractivity contribution in [2.24, 2.45) is 16.5 Å². The van der Waals surface area contributed by atoms with Gasteiger partial charge in [-0.25, -0.2) is 13.4 Å². The average Bonchev–Trinajstić information content (AvgIpc) is 3.27. The Bertz CT molecular complexity index is 1530. The van der Waals surface area contributed by atoms with Crippen LogP contribution >= 0.6 is 11.6 Å². The van der Waals surface area contributed by atoms with Crippen LogP contribution in [0.1, 0.15) is 5.56 Å². The Hall–Kier alpha value is -3.93. The molecule has 36 heavy (non-hydrogen) atoms. The van der Waals surface area contributed by atoms with E-state index < -0.39 is 9.84 Å². The van der Waals surface area contributed by atoms with E-state index in [-0.39, 0.29) is 22.2 Å². The van der Waals surface area contributed by atoms with Crippen LogP contribution in [0, 0.1) is 0 Å². The highest BCUT2D eigenvalue weighted by Gasteiger charge is 2.17. The van der Waals surface area contributed by atoms with E-state index in [1.807, 2.05) is 0 Å². The fourth-order valence-electron chi connectivity index (χ4n) is 3.39. The van der Waals surface area contributed by atoms with Crippen molar-refractivity contribution >= 4 is 38.8 Å². The third-order valence-electron chi connectivity index (χ3n) is 5.15. The minimum atomic E-state index is -3.35. The predicted octanol–water partition coefficient (Wildman–Crippen LogP) is 3.37. The third-order valence-corrected chi connectivity index (χ3v) is 6.58. The van der Waals surface area contributed by atoms with E-state index in [4.69, 9.17) is 33.5 Å². The van der Waals surface area contributed by atoms with Crippen molar-refractivity contribution in [2.75, 3.05) is 18.5 Å².